The number of fused-ring (bicyclic) bond motifs is 1. The summed E-state index contributed by atoms with van der Waals surface area (Å²) < 4.78 is 10.8. The summed E-state index contributed by atoms with van der Waals surface area (Å²) in [6.07, 6.45) is 0. The largest absolute Gasteiger partial charge is 0.496 e. The molecule has 0 heterocycles. The molecule has 0 saturated heterocycles. The van der Waals surface area contributed by atoms with Crippen molar-refractivity contribution in [2.24, 2.45) is 5.92 Å². The first-order valence-electron chi connectivity index (χ1n) is 10.0. The Labute approximate surface area is 192 Å². The Bertz CT molecular complexity index is 1180. The molecule has 166 valence electrons. The molecule has 0 fully saturated rings. The van der Waals surface area contributed by atoms with Gasteiger partial charge in [-0.05, 0) is 47.3 Å². The van der Waals surface area contributed by atoms with Crippen molar-refractivity contribution in [2.75, 3.05) is 24.9 Å². The Hall–Kier alpha value is -3.65. The lowest BCUT2D eigenvalue weighted by atomic mass is 10.1. The van der Waals surface area contributed by atoms with Crippen LogP contribution in [-0.2, 0) is 4.79 Å². The van der Waals surface area contributed by atoms with E-state index in [4.69, 9.17) is 21.7 Å². The highest BCUT2D eigenvalue weighted by molar-refractivity contribution is 7.80. The number of nitrogens with one attached hydrogen (secondary N) is 3. The lowest BCUT2D eigenvalue weighted by molar-refractivity contribution is -0.118. The summed E-state index contributed by atoms with van der Waals surface area (Å²) in [5.74, 6) is 0.256. The molecule has 0 spiro atoms. The predicted octanol–water partition coefficient (Wildman–Crippen LogP) is 4.58. The summed E-state index contributed by atoms with van der Waals surface area (Å²) in [7, 11) is 3.03. The van der Waals surface area contributed by atoms with Gasteiger partial charge in [-0.15, -0.1) is 0 Å². The quantitative estimate of drug-likeness (QED) is 0.476. The number of thiocarbonyl (C=S) groups is 1. The first kappa shape index (κ1) is 23.0. The third-order valence-corrected chi connectivity index (χ3v) is 4.99. The van der Waals surface area contributed by atoms with Crippen molar-refractivity contribution in [3.05, 3.63) is 60.2 Å². The number of anilines is 2. The standard InChI is InChI=1S/C24H25N3O4S/c1-14(2)22(28)26-19-10-9-17(13-21(19)31-4)25-24(32)27-23(29)18-11-15-7-5-6-8-16(15)12-20(18)30-3/h5-14H,1-4H3,(H,26,28)(H2,25,27,29,32). The zero-order valence-electron chi connectivity index (χ0n) is 18.3. The highest BCUT2D eigenvalue weighted by Gasteiger charge is 2.16. The molecule has 0 aromatic heterocycles. The molecular weight excluding hydrogens is 426 g/mol. The van der Waals surface area contributed by atoms with E-state index in [9.17, 15) is 9.59 Å². The Morgan fingerprint density at radius 1 is 0.875 bits per heavy atom. The minimum atomic E-state index is -0.391. The number of carbonyl (C=O) groups is 2. The first-order chi connectivity index (χ1) is 15.3. The fraction of sp³-hybridized carbons (Fsp3) is 0.208. The molecule has 3 aromatic rings. The molecule has 0 aliphatic carbocycles. The normalized spacial score (nSPS) is 10.5. The van der Waals surface area contributed by atoms with E-state index >= 15 is 0 Å². The molecule has 2 amide bonds. The van der Waals surface area contributed by atoms with Crippen molar-refractivity contribution in [3.8, 4) is 11.5 Å². The molecule has 0 saturated carbocycles. The van der Waals surface area contributed by atoms with Gasteiger partial charge in [0, 0.05) is 17.7 Å². The highest BCUT2D eigenvalue weighted by atomic mass is 32.1. The molecule has 3 rings (SSSR count). The van der Waals surface area contributed by atoms with E-state index in [1.54, 1.807) is 24.3 Å². The Morgan fingerprint density at radius 3 is 2.16 bits per heavy atom. The number of hydrogen-bond acceptors (Lipinski definition) is 5. The van der Waals surface area contributed by atoms with Crippen molar-refractivity contribution in [1.29, 1.82) is 0 Å². The number of rotatable bonds is 6. The Morgan fingerprint density at radius 2 is 1.53 bits per heavy atom. The van der Waals surface area contributed by atoms with Gasteiger partial charge in [-0.3, -0.25) is 14.9 Å². The summed E-state index contributed by atoms with van der Waals surface area (Å²) >= 11 is 5.31. The van der Waals surface area contributed by atoms with Crippen molar-refractivity contribution >= 4 is 51.3 Å². The van der Waals surface area contributed by atoms with Crippen LogP contribution in [0.1, 0.15) is 24.2 Å². The maximum absolute atomic E-state index is 12.8. The van der Waals surface area contributed by atoms with Gasteiger partial charge >= 0.3 is 0 Å². The summed E-state index contributed by atoms with van der Waals surface area (Å²) in [6.45, 7) is 3.62. The number of hydrogen-bond donors (Lipinski definition) is 3. The van der Waals surface area contributed by atoms with E-state index in [0.29, 0.717) is 28.4 Å². The highest BCUT2D eigenvalue weighted by Crippen LogP contribution is 2.29. The second kappa shape index (κ2) is 10.1. The van der Waals surface area contributed by atoms with Gasteiger partial charge < -0.3 is 20.1 Å². The van der Waals surface area contributed by atoms with Crippen LogP contribution in [0.5, 0.6) is 11.5 Å². The monoisotopic (exact) mass is 451 g/mol. The number of methoxy groups -OCH3 is 2. The van der Waals surface area contributed by atoms with E-state index in [2.05, 4.69) is 16.0 Å². The van der Waals surface area contributed by atoms with Crippen LogP contribution in [0.2, 0.25) is 0 Å². The summed E-state index contributed by atoms with van der Waals surface area (Å²) in [6, 6.07) is 16.4. The maximum atomic E-state index is 12.8. The molecular formula is C24H25N3O4S. The van der Waals surface area contributed by atoms with Crippen molar-refractivity contribution < 1.29 is 19.1 Å². The minimum absolute atomic E-state index is 0.115. The third-order valence-electron chi connectivity index (χ3n) is 4.78. The zero-order chi connectivity index (χ0) is 23.3. The summed E-state index contributed by atoms with van der Waals surface area (Å²) in [5, 5.41) is 10.5. The van der Waals surface area contributed by atoms with Crippen LogP contribution in [0, 0.1) is 5.92 Å². The van der Waals surface area contributed by atoms with Gasteiger partial charge in [-0.1, -0.05) is 38.1 Å². The average Bonchev–Trinajstić information content (AvgIpc) is 2.78. The van der Waals surface area contributed by atoms with Gasteiger partial charge in [0.15, 0.2) is 5.11 Å². The smallest absolute Gasteiger partial charge is 0.261 e. The van der Waals surface area contributed by atoms with Crippen molar-refractivity contribution in [2.45, 2.75) is 13.8 Å². The van der Waals surface area contributed by atoms with Crippen LogP contribution in [0.4, 0.5) is 11.4 Å². The second-order valence-electron chi connectivity index (χ2n) is 7.37. The van der Waals surface area contributed by atoms with Gasteiger partial charge in [0.1, 0.15) is 11.5 Å². The van der Waals surface area contributed by atoms with Crippen molar-refractivity contribution in [1.82, 2.24) is 5.32 Å². The molecule has 0 aliphatic heterocycles. The minimum Gasteiger partial charge on any atom is -0.496 e. The third kappa shape index (κ3) is 5.33. The number of ether oxygens (including phenoxy) is 2. The van der Waals surface area contributed by atoms with Gasteiger partial charge in [-0.25, -0.2) is 0 Å². The molecule has 0 atom stereocenters. The molecule has 0 aliphatic rings. The average molecular weight is 452 g/mol. The first-order valence-corrected chi connectivity index (χ1v) is 10.4. The summed E-state index contributed by atoms with van der Waals surface area (Å²) in [4.78, 5) is 24.8. The van der Waals surface area contributed by atoms with Gasteiger partial charge in [0.25, 0.3) is 5.91 Å². The Balaban J connectivity index is 1.73. The number of carbonyl (C=O) groups excluding carboxylic acids is 2. The van der Waals surface area contributed by atoms with E-state index in [-0.39, 0.29) is 16.9 Å². The van der Waals surface area contributed by atoms with E-state index in [0.717, 1.165) is 10.8 Å². The topological polar surface area (TPSA) is 88.7 Å². The molecule has 3 aromatic carbocycles. The predicted molar refractivity (Wildman–Crippen MR) is 131 cm³/mol. The molecule has 0 radical (unpaired) electrons. The molecule has 32 heavy (non-hydrogen) atoms. The van der Waals surface area contributed by atoms with Crippen LogP contribution in [0.3, 0.4) is 0 Å². The fourth-order valence-electron chi connectivity index (χ4n) is 3.05. The van der Waals surface area contributed by atoms with Crippen molar-refractivity contribution in [3.63, 3.8) is 0 Å². The maximum Gasteiger partial charge on any atom is 0.261 e. The molecule has 8 heteroatoms. The Kier molecular flexibility index (Phi) is 7.27. The molecule has 7 nitrogen and oxygen atoms in total. The van der Waals surface area contributed by atoms with Crippen LogP contribution >= 0.6 is 12.2 Å². The van der Waals surface area contributed by atoms with Crippen LogP contribution in [0.15, 0.2) is 54.6 Å². The summed E-state index contributed by atoms with van der Waals surface area (Å²) in [5.41, 5.74) is 1.52. The van der Waals surface area contributed by atoms with Crippen LogP contribution in [0.25, 0.3) is 10.8 Å². The van der Waals surface area contributed by atoms with Crippen LogP contribution < -0.4 is 25.4 Å². The molecule has 3 N–H and O–H groups in total. The van der Waals surface area contributed by atoms with Gasteiger partial charge in [-0.2, -0.15) is 0 Å². The lowest BCUT2D eigenvalue weighted by Crippen LogP contribution is -2.34. The molecule has 0 bridgehead atoms. The van der Waals surface area contributed by atoms with Crippen LogP contribution in [-0.4, -0.2) is 31.1 Å². The van der Waals surface area contributed by atoms with E-state index in [1.807, 2.05) is 44.2 Å². The SMILES string of the molecule is COc1cc(NC(=S)NC(=O)c2cc3ccccc3cc2OC)ccc1NC(=O)C(C)C. The van der Waals surface area contributed by atoms with Gasteiger partial charge in [0.05, 0.1) is 25.5 Å². The zero-order valence-corrected chi connectivity index (χ0v) is 19.1. The molecule has 0 unspecified atom stereocenters. The fourth-order valence-corrected chi connectivity index (χ4v) is 3.26. The number of benzene rings is 3. The number of amides is 2. The lowest BCUT2D eigenvalue weighted by Gasteiger charge is -2.15. The van der Waals surface area contributed by atoms with E-state index < -0.39 is 5.91 Å². The second-order valence-corrected chi connectivity index (χ2v) is 7.78. The van der Waals surface area contributed by atoms with Gasteiger partial charge in [0.2, 0.25) is 5.91 Å². The van der Waals surface area contributed by atoms with E-state index in [1.165, 1.54) is 14.2 Å².